The lowest BCUT2D eigenvalue weighted by Gasteiger charge is -2.15. The van der Waals surface area contributed by atoms with Crippen LogP contribution in [0.1, 0.15) is 17.5 Å². The summed E-state index contributed by atoms with van der Waals surface area (Å²) >= 11 is 0. The van der Waals surface area contributed by atoms with Gasteiger partial charge in [0.15, 0.2) is 0 Å². The zero-order valence-electron chi connectivity index (χ0n) is 15.2. The average Bonchev–Trinajstić information content (AvgIpc) is 3.10. The number of hydrogen-bond donors (Lipinski definition) is 3. The first kappa shape index (κ1) is 22.6. The molecule has 1 atom stereocenters. The van der Waals surface area contributed by atoms with E-state index in [0.29, 0.717) is 13.0 Å². The summed E-state index contributed by atoms with van der Waals surface area (Å²) in [5, 5.41) is 11.0. The molecule has 1 aliphatic heterocycles. The van der Waals surface area contributed by atoms with Crippen LogP contribution >= 0.6 is 0 Å². The summed E-state index contributed by atoms with van der Waals surface area (Å²) in [5.41, 5.74) is 10.8. The normalized spacial score (nSPS) is 18.7. The van der Waals surface area contributed by atoms with Gasteiger partial charge in [0.1, 0.15) is 11.4 Å². The van der Waals surface area contributed by atoms with Crippen molar-refractivity contribution in [3.8, 4) is 0 Å². The quantitative estimate of drug-likeness (QED) is 0.646. The number of hydrogen-bond acceptors (Lipinski definition) is 4. The Bertz CT molecular complexity index is 853. The minimum absolute atomic E-state index is 0.141. The number of alkyl halides is 3. The van der Waals surface area contributed by atoms with E-state index in [1.54, 1.807) is 0 Å². The molecule has 6 nitrogen and oxygen atoms in total. The predicted molar refractivity (Wildman–Crippen MR) is 99.1 cm³/mol. The Morgan fingerprint density at radius 3 is 2.45 bits per heavy atom. The molecule has 10 heteroatoms. The first-order chi connectivity index (χ1) is 13.6. The van der Waals surface area contributed by atoms with Gasteiger partial charge >= 0.3 is 12.1 Å². The number of anilines is 2. The van der Waals surface area contributed by atoms with Crippen LogP contribution in [0.25, 0.3) is 5.73 Å². The van der Waals surface area contributed by atoms with Gasteiger partial charge in [-0.25, -0.2) is 4.39 Å². The molecule has 1 heterocycles. The number of rotatable bonds is 4. The van der Waals surface area contributed by atoms with Crippen molar-refractivity contribution in [1.29, 1.82) is 0 Å². The smallest absolute Gasteiger partial charge is 0.418 e. The molecule has 0 radical (unpaired) electrons. The number of ether oxygens (including phenoxy) is 1. The van der Waals surface area contributed by atoms with Gasteiger partial charge in [-0.2, -0.15) is 13.2 Å². The van der Waals surface area contributed by atoms with Gasteiger partial charge in [0.2, 0.25) is 0 Å². The van der Waals surface area contributed by atoms with Crippen molar-refractivity contribution in [3.05, 3.63) is 65.1 Å². The molecule has 1 aliphatic rings. The highest BCUT2D eigenvalue weighted by molar-refractivity contribution is 5.78. The molecule has 2 aromatic rings. The van der Waals surface area contributed by atoms with E-state index in [9.17, 15) is 22.4 Å². The molecule has 0 aliphatic carbocycles. The van der Waals surface area contributed by atoms with Gasteiger partial charge in [0.05, 0.1) is 17.9 Å². The van der Waals surface area contributed by atoms with E-state index >= 15 is 0 Å². The average molecular weight is 414 g/mol. The Morgan fingerprint density at radius 1 is 1.28 bits per heavy atom. The van der Waals surface area contributed by atoms with Crippen LogP contribution in [0, 0.1) is 5.82 Å². The first-order valence-corrected chi connectivity index (χ1v) is 8.53. The summed E-state index contributed by atoms with van der Waals surface area (Å²) in [4.78, 5) is 10.3. The van der Waals surface area contributed by atoms with Gasteiger partial charge < -0.3 is 26.6 Å². The zero-order chi connectivity index (χ0) is 21.7. The van der Waals surface area contributed by atoms with E-state index in [-0.39, 0.29) is 30.1 Å². The number of nitrogens with two attached hydrogens (primary N) is 1. The van der Waals surface area contributed by atoms with Crippen LogP contribution in [0.5, 0.6) is 0 Å². The van der Waals surface area contributed by atoms with Crippen LogP contribution in [0.3, 0.4) is 0 Å². The van der Waals surface area contributed by atoms with Crippen LogP contribution in [0.4, 0.5) is 28.9 Å². The van der Waals surface area contributed by atoms with E-state index in [4.69, 9.17) is 21.3 Å². The van der Waals surface area contributed by atoms with Crippen LogP contribution < -0.4 is 11.1 Å². The van der Waals surface area contributed by atoms with Gasteiger partial charge in [0.25, 0.3) is 0 Å². The fraction of sp³-hybridized carbons (Fsp3) is 0.316. The molecule has 0 saturated carbocycles. The number of carboxylic acids is 1. The van der Waals surface area contributed by atoms with Gasteiger partial charge in [-0.3, -0.25) is 4.79 Å². The number of carbonyl (C=O) groups is 1. The molecule has 29 heavy (non-hydrogen) atoms. The number of benzene rings is 2. The molecule has 2 aromatic carbocycles. The number of carboxylic acid groups (broad SMARTS) is 1. The summed E-state index contributed by atoms with van der Waals surface area (Å²) in [6, 6.07) is 8.89. The van der Waals surface area contributed by atoms with Crippen molar-refractivity contribution >= 4 is 17.3 Å². The van der Waals surface area contributed by atoms with Crippen molar-refractivity contribution in [2.45, 2.75) is 24.7 Å². The minimum atomic E-state index is -4.48. The molecule has 0 amide bonds. The van der Waals surface area contributed by atoms with Gasteiger partial charge in [-0.05, 0) is 29.8 Å². The highest BCUT2D eigenvalue weighted by Gasteiger charge is 2.38. The standard InChI is InChI=1S/C14H11F4N2.C5H9NO3/c15-12-7-10(6-5-9(12)8-19)20-13-4-2-1-3-11(13)14(16,17)18;6-5(4(7)8)1-2-9-3-5/h1-7,19-20H,8H2;1-3,6H2,(H,7,8)/q-1;/t;5-/m.0/s1. The number of para-hydroxylation sites is 1. The second-order valence-corrected chi connectivity index (χ2v) is 6.42. The van der Waals surface area contributed by atoms with Crippen molar-refractivity contribution in [3.63, 3.8) is 0 Å². The Balaban J connectivity index is 0.000000278. The summed E-state index contributed by atoms with van der Waals surface area (Å²) in [6.45, 7) is 0.385. The van der Waals surface area contributed by atoms with Crippen LogP contribution in [-0.2, 0) is 22.3 Å². The Kier molecular flexibility index (Phi) is 7.17. The summed E-state index contributed by atoms with van der Waals surface area (Å²) in [7, 11) is 0. The maximum Gasteiger partial charge on any atom is 0.418 e. The zero-order valence-corrected chi connectivity index (χ0v) is 15.2. The largest absolute Gasteiger partial charge is 0.674 e. The second-order valence-electron chi connectivity index (χ2n) is 6.42. The lowest BCUT2D eigenvalue weighted by Crippen LogP contribution is -2.48. The van der Waals surface area contributed by atoms with E-state index in [1.165, 1.54) is 30.3 Å². The fourth-order valence-corrected chi connectivity index (χ4v) is 2.51. The lowest BCUT2D eigenvalue weighted by atomic mass is 10.0. The molecular weight excluding hydrogens is 394 g/mol. The van der Waals surface area contributed by atoms with E-state index in [0.717, 1.165) is 12.1 Å². The predicted octanol–water partition coefficient (Wildman–Crippen LogP) is 4.33. The van der Waals surface area contributed by atoms with Crippen molar-refractivity contribution in [2.75, 3.05) is 18.5 Å². The Hall–Kier alpha value is -2.69. The molecule has 0 unspecified atom stereocenters. The highest BCUT2D eigenvalue weighted by Crippen LogP contribution is 2.36. The van der Waals surface area contributed by atoms with Crippen LogP contribution in [-0.4, -0.2) is 29.8 Å². The molecular formula is C19H20F4N3O3-. The summed E-state index contributed by atoms with van der Waals surface area (Å²) < 4.78 is 56.8. The Morgan fingerprint density at radius 2 is 1.97 bits per heavy atom. The van der Waals surface area contributed by atoms with Crippen molar-refractivity contribution in [2.24, 2.45) is 5.73 Å². The number of aliphatic carboxylic acids is 1. The fourth-order valence-electron chi connectivity index (χ4n) is 2.51. The van der Waals surface area contributed by atoms with E-state index in [1.807, 2.05) is 0 Å². The minimum Gasteiger partial charge on any atom is -0.674 e. The molecule has 0 spiro atoms. The molecule has 0 aromatic heterocycles. The Labute approximate surface area is 164 Å². The summed E-state index contributed by atoms with van der Waals surface area (Å²) in [6.07, 6.45) is -4.06. The van der Waals surface area contributed by atoms with Gasteiger partial charge in [-0.1, -0.05) is 18.2 Å². The molecule has 1 saturated heterocycles. The third-order valence-electron chi connectivity index (χ3n) is 4.23. The topological polar surface area (TPSA) is 108 Å². The maximum atomic E-state index is 13.5. The molecule has 158 valence electrons. The molecule has 5 N–H and O–H groups in total. The lowest BCUT2D eigenvalue weighted by molar-refractivity contribution is -0.143. The maximum absolute atomic E-state index is 13.5. The van der Waals surface area contributed by atoms with E-state index < -0.39 is 29.1 Å². The van der Waals surface area contributed by atoms with Crippen molar-refractivity contribution < 1.29 is 32.2 Å². The highest BCUT2D eigenvalue weighted by atomic mass is 19.4. The van der Waals surface area contributed by atoms with Crippen molar-refractivity contribution in [1.82, 2.24) is 0 Å². The number of halogens is 4. The van der Waals surface area contributed by atoms with Crippen LogP contribution in [0.15, 0.2) is 42.5 Å². The second kappa shape index (κ2) is 9.21. The van der Waals surface area contributed by atoms with Gasteiger partial charge in [-0.15, -0.1) is 6.54 Å². The third kappa shape index (κ3) is 5.89. The van der Waals surface area contributed by atoms with Gasteiger partial charge in [0, 0.05) is 18.7 Å². The SMILES string of the molecule is N[C@@]1(C(=O)O)CCOC1.[NH-]Cc1ccc(Nc2ccccc2C(F)(F)F)cc1F. The van der Waals surface area contributed by atoms with Crippen LogP contribution in [0.2, 0.25) is 0 Å². The summed E-state index contributed by atoms with van der Waals surface area (Å²) in [5.74, 6) is -1.59. The first-order valence-electron chi connectivity index (χ1n) is 8.53. The van der Waals surface area contributed by atoms with E-state index in [2.05, 4.69) is 5.32 Å². The molecule has 3 rings (SSSR count). The molecule has 0 bridgehead atoms. The monoisotopic (exact) mass is 414 g/mol. The third-order valence-corrected chi connectivity index (χ3v) is 4.23. The number of nitrogens with one attached hydrogen (secondary N) is 2. The molecule has 1 fully saturated rings.